The number of sulfonamides is 1. The molecule has 3 aromatic rings. The Bertz CT molecular complexity index is 1170. The van der Waals surface area contributed by atoms with E-state index in [0.717, 1.165) is 10.9 Å². The van der Waals surface area contributed by atoms with Gasteiger partial charge in [0.05, 0.1) is 16.6 Å². The van der Waals surface area contributed by atoms with Crippen LogP contribution in [-0.2, 0) is 10.0 Å². The fraction of sp³-hybridized carbons (Fsp3) is 0.167. The highest BCUT2D eigenvalue weighted by molar-refractivity contribution is 7.89. The average Bonchev–Trinajstić information content (AvgIpc) is 3.25. The molecule has 4 rings (SSSR count). The van der Waals surface area contributed by atoms with Crippen molar-refractivity contribution in [2.24, 2.45) is 10.2 Å². The third-order valence-corrected chi connectivity index (χ3v) is 5.58. The van der Waals surface area contributed by atoms with E-state index in [1.807, 2.05) is 24.3 Å². The lowest BCUT2D eigenvalue weighted by molar-refractivity contribution is -0.0600. The molecule has 0 bridgehead atoms. The minimum Gasteiger partial charge on any atom is -0.361 e. The van der Waals surface area contributed by atoms with E-state index in [2.05, 4.69) is 10.1 Å². The number of primary sulfonamides is 1. The molecular formula is C18H15F3N4O2S. The quantitative estimate of drug-likeness (QED) is 0.693. The molecule has 0 spiro atoms. The van der Waals surface area contributed by atoms with Crippen LogP contribution in [-0.4, -0.2) is 25.3 Å². The van der Waals surface area contributed by atoms with Crippen molar-refractivity contribution in [1.29, 1.82) is 0 Å². The van der Waals surface area contributed by atoms with Crippen molar-refractivity contribution in [2.45, 2.75) is 23.5 Å². The molecule has 1 aromatic heterocycles. The highest BCUT2D eigenvalue weighted by atomic mass is 32.2. The molecule has 0 amide bonds. The smallest absolute Gasteiger partial charge is 0.361 e. The van der Waals surface area contributed by atoms with Crippen molar-refractivity contribution < 1.29 is 21.6 Å². The zero-order valence-electron chi connectivity index (χ0n) is 14.3. The number of aromatic amines is 1. The average molecular weight is 408 g/mol. The van der Waals surface area contributed by atoms with E-state index < -0.39 is 28.0 Å². The SMILES string of the molecule is NS(=O)(=O)c1ccc(N2N=C(C(F)(F)F)C[C@@H]2c2c[nH]c3ccccc23)cc1. The summed E-state index contributed by atoms with van der Waals surface area (Å²) < 4.78 is 62.9. The van der Waals surface area contributed by atoms with Gasteiger partial charge in [0.2, 0.25) is 10.0 Å². The van der Waals surface area contributed by atoms with Gasteiger partial charge in [0.25, 0.3) is 0 Å². The number of nitrogens with zero attached hydrogens (tertiary/aromatic N) is 2. The molecule has 6 nitrogen and oxygen atoms in total. The maximum absolute atomic E-state index is 13.3. The fourth-order valence-electron chi connectivity index (χ4n) is 3.32. The topological polar surface area (TPSA) is 91.6 Å². The number of hydrogen-bond donors (Lipinski definition) is 2. The molecule has 146 valence electrons. The van der Waals surface area contributed by atoms with Crippen molar-refractivity contribution in [3.63, 3.8) is 0 Å². The number of aromatic nitrogens is 1. The first-order chi connectivity index (χ1) is 13.1. The zero-order chi connectivity index (χ0) is 20.1. The van der Waals surface area contributed by atoms with Gasteiger partial charge in [0.15, 0.2) is 0 Å². The lowest BCUT2D eigenvalue weighted by Gasteiger charge is -2.23. The fourth-order valence-corrected chi connectivity index (χ4v) is 3.84. The highest BCUT2D eigenvalue weighted by Gasteiger charge is 2.44. The van der Waals surface area contributed by atoms with Crippen LogP contribution in [0.1, 0.15) is 18.0 Å². The number of alkyl halides is 3. The molecule has 1 aliphatic rings. The number of rotatable bonds is 3. The Morgan fingerprint density at radius 3 is 2.43 bits per heavy atom. The Morgan fingerprint density at radius 1 is 1.11 bits per heavy atom. The number of hydrazone groups is 1. The minimum absolute atomic E-state index is 0.126. The van der Waals surface area contributed by atoms with Crippen molar-refractivity contribution in [1.82, 2.24) is 4.98 Å². The molecule has 28 heavy (non-hydrogen) atoms. The third kappa shape index (κ3) is 3.25. The molecule has 10 heteroatoms. The maximum Gasteiger partial charge on any atom is 0.431 e. The van der Waals surface area contributed by atoms with E-state index in [1.165, 1.54) is 29.3 Å². The molecular weight excluding hydrogens is 393 g/mol. The van der Waals surface area contributed by atoms with E-state index >= 15 is 0 Å². The second-order valence-electron chi connectivity index (χ2n) is 6.44. The number of hydrogen-bond acceptors (Lipinski definition) is 4. The Kier molecular flexibility index (Phi) is 4.20. The van der Waals surface area contributed by atoms with Crippen LogP contribution in [0.4, 0.5) is 18.9 Å². The summed E-state index contributed by atoms with van der Waals surface area (Å²) >= 11 is 0. The van der Waals surface area contributed by atoms with Crippen molar-refractivity contribution >= 4 is 32.3 Å². The first-order valence-electron chi connectivity index (χ1n) is 8.27. The predicted molar refractivity (Wildman–Crippen MR) is 99.4 cm³/mol. The van der Waals surface area contributed by atoms with Gasteiger partial charge in [-0.05, 0) is 30.3 Å². The second kappa shape index (κ2) is 6.35. The van der Waals surface area contributed by atoms with Crippen LogP contribution in [0.5, 0.6) is 0 Å². The zero-order valence-corrected chi connectivity index (χ0v) is 15.1. The van der Waals surface area contributed by atoms with Gasteiger partial charge in [-0.25, -0.2) is 13.6 Å². The summed E-state index contributed by atoms with van der Waals surface area (Å²) in [6, 6.07) is 11.9. The van der Waals surface area contributed by atoms with Gasteiger partial charge < -0.3 is 4.98 Å². The summed E-state index contributed by atoms with van der Waals surface area (Å²) in [5, 5.41) is 11.0. The van der Waals surface area contributed by atoms with E-state index in [-0.39, 0.29) is 11.3 Å². The molecule has 0 radical (unpaired) electrons. The van der Waals surface area contributed by atoms with Gasteiger partial charge in [0, 0.05) is 29.1 Å². The van der Waals surface area contributed by atoms with Crippen LogP contribution in [0.2, 0.25) is 0 Å². The first kappa shape index (κ1) is 18.5. The van der Waals surface area contributed by atoms with Crippen molar-refractivity contribution in [2.75, 3.05) is 5.01 Å². The number of anilines is 1. The first-order valence-corrected chi connectivity index (χ1v) is 9.82. The number of halogens is 3. The molecule has 3 N–H and O–H groups in total. The summed E-state index contributed by atoms with van der Waals surface area (Å²) in [5.41, 5.74) is 0.928. The van der Waals surface area contributed by atoms with E-state index in [4.69, 9.17) is 5.14 Å². The lowest BCUT2D eigenvalue weighted by atomic mass is 10.0. The second-order valence-corrected chi connectivity index (χ2v) is 8.00. The molecule has 0 aliphatic carbocycles. The van der Waals surface area contributed by atoms with Crippen molar-refractivity contribution in [3.05, 3.63) is 60.3 Å². The van der Waals surface area contributed by atoms with Crippen LogP contribution in [0, 0.1) is 0 Å². The monoisotopic (exact) mass is 408 g/mol. The number of fused-ring (bicyclic) bond motifs is 1. The molecule has 0 saturated carbocycles. The Balaban J connectivity index is 1.79. The minimum atomic E-state index is -4.56. The van der Waals surface area contributed by atoms with Gasteiger partial charge in [-0.1, -0.05) is 18.2 Å². The predicted octanol–water partition coefficient (Wildman–Crippen LogP) is 3.69. The molecule has 1 aliphatic heterocycles. The largest absolute Gasteiger partial charge is 0.431 e. The summed E-state index contributed by atoms with van der Waals surface area (Å²) in [7, 11) is -3.90. The summed E-state index contributed by atoms with van der Waals surface area (Å²) in [6.45, 7) is 0. The standard InChI is InChI=1S/C18H15F3N4O2S/c19-18(20,21)17-9-16(14-10-23-15-4-2-1-3-13(14)15)25(24-17)11-5-7-12(8-6-11)28(22,26)27/h1-8,10,16,23H,9H2,(H2,22,26,27)/t16-/m1/s1. The number of nitrogens with one attached hydrogen (secondary N) is 1. The molecule has 1 atom stereocenters. The van der Waals surface area contributed by atoms with Crippen molar-refractivity contribution in [3.8, 4) is 0 Å². The van der Waals surface area contributed by atoms with E-state index in [0.29, 0.717) is 11.3 Å². The number of nitrogens with two attached hydrogens (primary N) is 1. The normalized spacial score (nSPS) is 17.9. The highest BCUT2D eigenvalue weighted by Crippen LogP contribution is 2.41. The number of para-hydroxylation sites is 1. The van der Waals surface area contributed by atoms with E-state index in [9.17, 15) is 21.6 Å². The Labute approximate surface area is 158 Å². The van der Waals surface area contributed by atoms with Gasteiger partial charge in [0.1, 0.15) is 5.71 Å². The lowest BCUT2D eigenvalue weighted by Crippen LogP contribution is -2.21. The van der Waals surface area contributed by atoms with Crippen LogP contribution in [0.3, 0.4) is 0 Å². The van der Waals surface area contributed by atoms with Crippen LogP contribution >= 0.6 is 0 Å². The molecule has 2 aromatic carbocycles. The summed E-state index contributed by atoms with van der Waals surface area (Å²) in [5.74, 6) is 0. The third-order valence-electron chi connectivity index (χ3n) is 4.65. The van der Waals surface area contributed by atoms with Gasteiger partial charge in [-0.3, -0.25) is 5.01 Å². The van der Waals surface area contributed by atoms with Gasteiger partial charge in [-0.15, -0.1) is 0 Å². The van der Waals surface area contributed by atoms with E-state index in [1.54, 1.807) is 6.20 Å². The molecule has 0 fully saturated rings. The molecule has 0 saturated heterocycles. The van der Waals surface area contributed by atoms with Crippen LogP contribution in [0.25, 0.3) is 10.9 Å². The van der Waals surface area contributed by atoms with Gasteiger partial charge in [-0.2, -0.15) is 18.3 Å². The van der Waals surface area contributed by atoms with Gasteiger partial charge >= 0.3 is 6.18 Å². The summed E-state index contributed by atoms with van der Waals surface area (Å²) in [6.07, 6.45) is -3.20. The Morgan fingerprint density at radius 2 is 1.79 bits per heavy atom. The maximum atomic E-state index is 13.3. The van der Waals surface area contributed by atoms with Crippen LogP contribution < -0.4 is 10.1 Å². The number of H-pyrrole nitrogens is 1. The number of benzene rings is 2. The molecule has 2 heterocycles. The van der Waals surface area contributed by atoms with Crippen LogP contribution in [0.15, 0.2) is 64.7 Å². The Hall–Kier alpha value is -2.85. The molecule has 0 unspecified atom stereocenters. The summed E-state index contributed by atoms with van der Waals surface area (Å²) in [4.78, 5) is 2.94.